The van der Waals surface area contributed by atoms with E-state index in [0.29, 0.717) is 12.1 Å². The molecule has 6 nitrogen and oxygen atoms in total. The first-order valence-electron chi connectivity index (χ1n) is 9.82. The van der Waals surface area contributed by atoms with Crippen molar-refractivity contribution in [3.05, 3.63) is 60.3 Å². The third-order valence-electron chi connectivity index (χ3n) is 5.53. The quantitative estimate of drug-likeness (QED) is 0.625. The van der Waals surface area contributed by atoms with Gasteiger partial charge in [0.1, 0.15) is 5.75 Å². The summed E-state index contributed by atoms with van der Waals surface area (Å²) in [5, 5.41) is 0.963. The number of fused-ring (bicyclic) bond motifs is 1. The zero-order chi connectivity index (χ0) is 20.4. The van der Waals surface area contributed by atoms with Gasteiger partial charge in [-0.25, -0.2) is 0 Å². The number of hydrogen-bond donors (Lipinski definition) is 0. The smallest absolute Gasteiger partial charge is 0.227 e. The van der Waals surface area contributed by atoms with Crippen molar-refractivity contribution in [3.63, 3.8) is 0 Å². The molecule has 0 saturated carbocycles. The molecule has 1 fully saturated rings. The molecule has 29 heavy (non-hydrogen) atoms. The fourth-order valence-corrected chi connectivity index (χ4v) is 3.83. The van der Waals surface area contributed by atoms with Crippen LogP contribution in [0.1, 0.15) is 22.1 Å². The average molecular weight is 391 g/mol. The van der Waals surface area contributed by atoms with E-state index in [0.717, 1.165) is 42.8 Å². The van der Waals surface area contributed by atoms with Gasteiger partial charge in [0.05, 0.1) is 19.2 Å². The molecule has 0 aliphatic carbocycles. The van der Waals surface area contributed by atoms with E-state index in [4.69, 9.17) is 4.74 Å². The van der Waals surface area contributed by atoms with Gasteiger partial charge in [0.2, 0.25) is 5.91 Å². The molecule has 0 N–H and O–H groups in total. The molecule has 1 aliphatic rings. The molecule has 4 rings (SSSR count). The predicted octanol–water partition coefficient (Wildman–Crippen LogP) is 3.31. The predicted molar refractivity (Wildman–Crippen MR) is 114 cm³/mol. The maximum absolute atomic E-state index is 12.8. The van der Waals surface area contributed by atoms with Gasteiger partial charge in [-0.15, -0.1) is 0 Å². The molecule has 0 spiro atoms. The number of methoxy groups -OCH3 is 1. The molecule has 0 unspecified atom stereocenters. The SMILES string of the molecule is COc1ccc(N2CCN(CC(=O)c3ccc4ccn(C(C)=O)c4c3)CC2)cc1. The van der Waals surface area contributed by atoms with Crippen LogP contribution in [0, 0.1) is 0 Å². The van der Waals surface area contributed by atoms with Crippen LogP contribution in [-0.2, 0) is 0 Å². The second-order valence-corrected chi connectivity index (χ2v) is 7.36. The number of nitrogens with zero attached hydrogens (tertiary/aromatic N) is 3. The van der Waals surface area contributed by atoms with Gasteiger partial charge in [0, 0.05) is 55.9 Å². The molecule has 1 saturated heterocycles. The number of anilines is 1. The number of piperazine rings is 1. The lowest BCUT2D eigenvalue weighted by atomic mass is 10.1. The summed E-state index contributed by atoms with van der Waals surface area (Å²) in [6, 6.07) is 15.6. The monoisotopic (exact) mass is 391 g/mol. The standard InChI is InChI=1S/C23H25N3O3/c1-17(27)26-10-9-18-3-4-19(15-22(18)26)23(28)16-24-11-13-25(14-12-24)20-5-7-21(29-2)8-6-20/h3-10,15H,11-14,16H2,1-2H3. The van der Waals surface area contributed by atoms with Crippen LogP contribution < -0.4 is 9.64 Å². The summed E-state index contributed by atoms with van der Waals surface area (Å²) in [7, 11) is 1.67. The molecule has 6 heteroatoms. The second-order valence-electron chi connectivity index (χ2n) is 7.36. The summed E-state index contributed by atoms with van der Waals surface area (Å²) < 4.78 is 6.80. The van der Waals surface area contributed by atoms with Gasteiger partial charge >= 0.3 is 0 Å². The summed E-state index contributed by atoms with van der Waals surface area (Å²) in [6.45, 7) is 5.35. The van der Waals surface area contributed by atoms with E-state index < -0.39 is 0 Å². The number of benzene rings is 2. The van der Waals surface area contributed by atoms with Crippen LogP contribution in [0.5, 0.6) is 5.75 Å². The van der Waals surface area contributed by atoms with Crippen LogP contribution >= 0.6 is 0 Å². The van der Waals surface area contributed by atoms with Crippen LogP contribution in [0.2, 0.25) is 0 Å². The minimum Gasteiger partial charge on any atom is -0.497 e. The molecule has 2 aromatic carbocycles. The van der Waals surface area contributed by atoms with Crippen molar-refractivity contribution >= 4 is 28.3 Å². The highest BCUT2D eigenvalue weighted by Gasteiger charge is 2.20. The van der Waals surface area contributed by atoms with Crippen molar-refractivity contribution in [1.29, 1.82) is 0 Å². The first-order chi connectivity index (χ1) is 14.0. The van der Waals surface area contributed by atoms with Crippen molar-refractivity contribution in [1.82, 2.24) is 9.47 Å². The minimum absolute atomic E-state index is 0.0562. The zero-order valence-electron chi connectivity index (χ0n) is 16.8. The number of carbonyl (C=O) groups is 2. The van der Waals surface area contributed by atoms with Crippen molar-refractivity contribution in [2.75, 3.05) is 44.7 Å². The molecule has 150 valence electrons. The second kappa shape index (κ2) is 8.09. The fraction of sp³-hybridized carbons (Fsp3) is 0.304. The molecule has 0 radical (unpaired) electrons. The van der Waals surface area contributed by atoms with Gasteiger partial charge in [-0.05, 0) is 36.4 Å². The first-order valence-corrected chi connectivity index (χ1v) is 9.82. The largest absolute Gasteiger partial charge is 0.497 e. The highest BCUT2D eigenvalue weighted by Crippen LogP contribution is 2.21. The normalized spacial score (nSPS) is 14.9. The van der Waals surface area contributed by atoms with Gasteiger partial charge in [0.15, 0.2) is 5.78 Å². The molecule has 0 amide bonds. The van der Waals surface area contributed by atoms with E-state index in [1.54, 1.807) is 17.9 Å². The maximum atomic E-state index is 12.8. The molecular weight excluding hydrogens is 366 g/mol. The topological polar surface area (TPSA) is 54.8 Å². The molecule has 0 bridgehead atoms. The third kappa shape index (κ3) is 4.03. The number of hydrogen-bond acceptors (Lipinski definition) is 5. The summed E-state index contributed by atoms with van der Waals surface area (Å²) in [5.41, 5.74) is 2.61. The Morgan fingerprint density at radius 1 is 0.966 bits per heavy atom. The Balaban J connectivity index is 1.39. The van der Waals surface area contributed by atoms with Crippen molar-refractivity contribution in [3.8, 4) is 5.75 Å². The van der Waals surface area contributed by atoms with Crippen LogP contribution in [0.3, 0.4) is 0 Å². The average Bonchev–Trinajstić information content (AvgIpc) is 3.18. The number of ketones is 1. The van der Waals surface area contributed by atoms with Gasteiger partial charge in [-0.1, -0.05) is 12.1 Å². The minimum atomic E-state index is -0.0562. The van der Waals surface area contributed by atoms with E-state index in [-0.39, 0.29) is 11.7 Å². The number of ether oxygens (including phenoxy) is 1. The third-order valence-corrected chi connectivity index (χ3v) is 5.53. The van der Waals surface area contributed by atoms with Crippen molar-refractivity contribution in [2.45, 2.75) is 6.92 Å². The van der Waals surface area contributed by atoms with Gasteiger partial charge in [0.25, 0.3) is 0 Å². The van der Waals surface area contributed by atoms with Crippen molar-refractivity contribution < 1.29 is 14.3 Å². The first kappa shape index (κ1) is 19.2. The zero-order valence-corrected chi connectivity index (χ0v) is 16.8. The van der Waals surface area contributed by atoms with Crippen LogP contribution in [0.15, 0.2) is 54.7 Å². The number of Topliss-reactive ketones (excluding diaryl/α,β-unsaturated/α-hetero) is 1. The van der Waals surface area contributed by atoms with Crippen molar-refractivity contribution in [2.24, 2.45) is 0 Å². The van der Waals surface area contributed by atoms with E-state index >= 15 is 0 Å². The molecule has 2 heterocycles. The number of rotatable bonds is 5. The molecule has 1 aliphatic heterocycles. The van der Waals surface area contributed by atoms with Gasteiger partial charge in [-0.2, -0.15) is 0 Å². The van der Waals surface area contributed by atoms with E-state index in [1.165, 1.54) is 12.6 Å². The Labute approximate surface area is 170 Å². The lowest BCUT2D eigenvalue weighted by Crippen LogP contribution is -2.48. The summed E-state index contributed by atoms with van der Waals surface area (Å²) >= 11 is 0. The summed E-state index contributed by atoms with van der Waals surface area (Å²) in [4.78, 5) is 29.1. The van der Waals surface area contributed by atoms with Gasteiger partial charge < -0.3 is 9.64 Å². The maximum Gasteiger partial charge on any atom is 0.227 e. The Morgan fingerprint density at radius 3 is 2.34 bits per heavy atom. The summed E-state index contributed by atoms with van der Waals surface area (Å²) in [6.07, 6.45) is 1.75. The molecular formula is C23H25N3O3. The van der Waals surface area contributed by atoms with Gasteiger partial charge in [-0.3, -0.25) is 19.1 Å². The molecule has 0 atom stereocenters. The lowest BCUT2D eigenvalue weighted by molar-refractivity contribution is 0.0921. The Morgan fingerprint density at radius 2 is 1.69 bits per heavy atom. The van der Waals surface area contributed by atoms with E-state index in [2.05, 4.69) is 21.9 Å². The lowest BCUT2D eigenvalue weighted by Gasteiger charge is -2.35. The molecule has 1 aromatic heterocycles. The summed E-state index contributed by atoms with van der Waals surface area (Å²) in [5.74, 6) is 0.881. The highest BCUT2D eigenvalue weighted by molar-refractivity contribution is 6.02. The van der Waals surface area contributed by atoms with Crippen LogP contribution in [0.4, 0.5) is 5.69 Å². The van der Waals surface area contributed by atoms with E-state index in [9.17, 15) is 9.59 Å². The Bertz CT molecular complexity index is 1030. The Hall–Kier alpha value is -3.12. The molecule has 3 aromatic rings. The Kier molecular flexibility index (Phi) is 5.36. The van der Waals surface area contributed by atoms with Crippen LogP contribution in [-0.4, -0.2) is 61.0 Å². The number of aromatic nitrogens is 1. The van der Waals surface area contributed by atoms with Crippen LogP contribution in [0.25, 0.3) is 10.9 Å². The highest BCUT2D eigenvalue weighted by atomic mass is 16.5. The fourth-order valence-electron chi connectivity index (χ4n) is 3.83. The van der Waals surface area contributed by atoms with E-state index in [1.807, 2.05) is 36.4 Å². The number of carbonyl (C=O) groups excluding carboxylic acids is 2.